The molecule has 2 aromatic rings. The number of fused-ring (bicyclic) bond motifs is 5. The number of hydrogen-bond acceptors (Lipinski definition) is 3. The van der Waals surface area contributed by atoms with Crippen molar-refractivity contribution in [3.63, 3.8) is 0 Å². The van der Waals surface area contributed by atoms with Crippen LogP contribution in [-0.4, -0.2) is 18.3 Å². The van der Waals surface area contributed by atoms with Gasteiger partial charge in [0.15, 0.2) is 0 Å². The van der Waals surface area contributed by atoms with E-state index in [0.29, 0.717) is 0 Å². The Morgan fingerprint density at radius 3 is 2.17 bits per heavy atom. The van der Waals surface area contributed by atoms with E-state index in [1.54, 1.807) is 0 Å². The monoisotopic (exact) mass is 299 g/mol. The number of benzene rings is 2. The molecule has 2 aromatic carbocycles. The molecule has 112 valence electrons. The molecule has 0 amide bonds. The van der Waals surface area contributed by atoms with Gasteiger partial charge in [0, 0.05) is 16.6 Å². The first-order chi connectivity index (χ1) is 11.1. The Kier molecular flexibility index (Phi) is 3.06. The molecule has 1 aliphatic carbocycles. The van der Waals surface area contributed by atoms with Gasteiger partial charge in [-0.1, -0.05) is 53.5 Å². The van der Waals surface area contributed by atoms with Gasteiger partial charge >= 0.3 is 0 Å². The SMILES string of the molecule is BC(C)(C)N1N=NC2c3ccccc3C#Cc3ccccc3C21. The van der Waals surface area contributed by atoms with E-state index in [9.17, 15) is 0 Å². The normalized spacial score (nSPS) is 21.4. The zero-order chi connectivity index (χ0) is 16.0. The summed E-state index contributed by atoms with van der Waals surface area (Å²) in [6, 6.07) is 16.7. The standard InChI is InChI=1S/C19H18BN3/c1-19(2,20)23-18-16-10-6-4-8-14(16)12-11-13-7-3-5-9-15(13)17(18)21-22-23/h3-10,17-18H,20H2,1-2H3. The Balaban J connectivity index is 1.98. The number of nitrogens with zero attached hydrogens (tertiary/aromatic N) is 3. The van der Waals surface area contributed by atoms with E-state index in [2.05, 4.69) is 85.3 Å². The predicted octanol–water partition coefficient (Wildman–Crippen LogP) is 3.23. The van der Waals surface area contributed by atoms with Gasteiger partial charge in [0.2, 0.25) is 0 Å². The molecule has 0 radical (unpaired) electrons. The molecule has 2 aliphatic rings. The molecular weight excluding hydrogens is 281 g/mol. The van der Waals surface area contributed by atoms with Crippen LogP contribution in [0.4, 0.5) is 0 Å². The van der Waals surface area contributed by atoms with Gasteiger partial charge in [0.05, 0.1) is 0 Å². The van der Waals surface area contributed by atoms with E-state index in [-0.39, 0.29) is 17.5 Å². The number of hydrogen-bond donors (Lipinski definition) is 0. The second-order valence-electron chi connectivity index (χ2n) is 7.03. The van der Waals surface area contributed by atoms with Crippen LogP contribution in [0.15, 0.2) is 58.9 Å². The van der Waals surface area contributed by atoms with Gasteiger partial charge in [-0.15, -0.1) is 0 Å². The fourth-order valence-corrected chi connectivity index (χ4v) is 3.32. The molecule has 2 unspecified atom stereocenters. The molecule has 3 nitrogen and oxygen atoms in total. The number of rotatable bonds is 1. The van der Waals surface area contributed by atoms with Crippen molar-refractivity contribution in [2.75, 3.05) is 0 Å². The van der Waals surface area contributed by atoms with Crippen molar-refractivity contribution in [2.45, 2.75) is 31.4 Å². The lowest BCUT2D eigenvalue weighted by atomic mass is 9.77. The molecular formula is C19H18BN3. The third kappa shape index (κ3) is 2.24. The topological polar surface area (TPSA) is 28.0 Å². The van der Waals surface area contributed by atoms with Crippen molar-refractivity contribution < 1.29 is 0 Å². The maximum Gasteiger partial charge on any atom is 0.136 e. The van der Waals surface area contributed by atoms with Crippen LogP contribution in [0.5, 0.6) is 0 Å². The van der Waals surface area contributed by atoms with Crippen molar-refractivity contribution in [3.8, 4) is 11.8 Å². The molecule has 0 N–H and O–H groups in total. The summed E-state index contributed by atoms with van der Waals surface area (Å²) >= 11 is 0. The fraction of sp³-hybridized carbons (Fsp3) is 0.263. The summed E-state index contributed by atoms with van der Waals surface area (Å²) in [5.41, 5.74) is 4.39. The lowest BCUT2D eigenvalue weighted by Gasteiger charge is -2.37. The highest BCUT2D eigenvalue weighted by atomic mass is 15.6. The van der Waals surface area contributed by atoms with E-state index < -0.39 is 0 Å². The summed E-state index contributed by atoms with van der Waals surface area (Å²) in [5.74, 6) is 6.66. The summed E-state index contributed by atoms with van der Waals surface area (Å²) in [4.78, 5) is 0. The molecule has 0 saturated heterocycles. The van der Waals surface area contributed by atoms with Crippen LogP contribution in [0.25, 0.3) is 0 Å². The van der Waals surface area contributed by atoms with Gasteiger partial charge in [0.1, 0.15) is 19.9 Å². The van der Waals surface area contributed by atoms with Gasteiger partial charge in [-0.3, -0.25) is 5.01 Å². The molecule has 1 heterocycles. The van der Waals surface area contributed by atoms with E-state index >= 15 is 0 Å². The summed E-state index contributed by atoms with van der Waals surface area (Å²) < 4.78 is 0. The summed E-state index contributed by atoms with van der Waals surface area (Å²) in [6.07, 6.45) is 0. The third-order valence-corrected chi connectivity index (χ3v) is 4.41. The van der Waals surface area contributed by atoms with E-state index in [1.807, 2.05) is 12.1 Å². The maximum absolute atomic E-state index is 4.63. The van der Waals surface area contributed by atoms with Crippen LogP contribution in [0.1, 0.15) is 48.2 Å². The molecule has 0 aromatic heterocycles. The maximum atomic E-state index is 4.63. The first-order valence-electron chi connectivity index (χ1n) is 7.96. The second kappa shape index (κ2) is 4.99. The van der Waals surface area contributed by atoms with E-state index in [4.69, 9.17) is 0 Å². The highest BCUT2D eigenvalue weighted by Gasteiger charge is 2.42. The molecule has 0 saturated carbocycles. The third-order valence-electron chi connectivity index (χ3n) is 4.41. The highest BCUT2D eigenvalue weighted by Crippen LogP contribution is 2.47. The largest absolute Gasteiger partial charge is 0.272 e. The van der Waals surface area contributed by atoms with Crippen LogP contribution in [-0.2, 0) is 0 Å². The van der Waals surface area contributed by atoms with Crippen molar-refractivity contribution in [3.05, 3.63) is 70.8 Å². The van der Waals surface area contributed by atoms with Crippen molar-refractivity contribution in [1.82, 2.24) is 5.01 Å². The summed E-state index contributed by atoms with van der Waals surface area (Å²) in [7, 11) is 2.17. The van der Waals surface area contributed by atoms with Crippen molar-refractivity contribution >= 4 is 7.85 Å². The average Bonchev–Trinajstić information content (AvgIpc) is 2.96. The molecule has 2 atom stereocenters. The van der Waals surface area contributed by atoms with E-state index in [0.717, 1.165) is 16.7 Å². The summed E-state index contributed by atoms with van der Waals surface area (Å²) in [5, 5.41) is 11.3. The summed E-state index contributed by atoms with van der Waals surface area (Å²) in [6.45, 7) is 4.35. The first-order valence-corrected chi connectivity index (χ1v) is 7.96. The Morgan fingerprint density at radius 2 is 1.52 bits per heavy atom. The van der Waals surface area contributed by atoms with Crippen molar-refractivity contribution in [1.29, 1.82) is 0 Å². The van der Waals surface area contributed by atoms with Crippen LogP contribution in [0, 0.1) is 11.8 Å². The predicted molar refractivity (Wildman–Crippen MR) is 93.7 cm³/mol. The Bertz CT molecular complexity index is 855. The zero-order valence-corrected chi connectivity index (χ0v) is 13.6. The van der Waals surface area contributed by atoms with Crippen LogP contribution in [0.3, 0.4) is 0 Å². The van der Waals surface area contributed by atoms with E-state index in [1.165, 1.54) is 5.56 Å². The molecule has 0 fully saturated rings. The molecule has 4 rings (SSSR count). The molecule has 1 aliphatic heterocycles. The first kappa shape index (κ1) is 14.1. The Morgan fingerprint density at radius 1 is 0.957 bits per heavy atom. The minimum Gasteiger partial charge on any atom is -0.272 e. The van der Waals surface area contributed by atoms with Gasteiger partial charge in [-0.2, -0.15) is 5.11 Å². The minimum absolute atomic E-state index is 0.0128. The lowest BCUT2D eigenvalue weighted by Crippen LogP contribution is -2.42. The lowest BCUT2D eigenvalue weighted by molar-refractivity contribution is 0.144. The van der Waals surface area contributed by atoms with Gasteiger partial charge < -0.3 is 0 Å². The molecule has 0 spiro atoms. The van der Waals surface area contributed by atoms with Crippen molar-refractivity contribution in [2.24, 2.45) is 10.3 Å². The van der Waals surface area contributed by atoms with Crippen LogP contribution in [0.2, 0.25) is 0 Å². The van der Waals surface area contributed by atoms with Gasteiger partial charge in [-0.05, 0) is 37.1 Å². The van der Waals surface area contributed by atoms with Gasteiger partial charge in [-0.25, -0.2) is 0 Å². The second-order valence-corrected chi connectivity index (χ2v) is 7.03. The van der Waals surface area contributed by atoms with Crippen LogP contribution >= 0.6 is 0 Å². The minimum atomic E-state index is -0.0996. The highest BCUT2D eigenvalue weighted by molar-refractivity contribution is 6.14. The Hall–Kier alpha value is -2.54. The Labute approximate surface area is 137 Å². The molecule has 4 heteroatoms. The van der Waals surface area contributed by atoms with Crippen LogP contribution < -0.4 is 0 Å². The van der Waals surface area contributed by atoms with Gasteiger partial charge in [0.25, 0.3) is 0 Å². The molecule has 23 heavy (non-hydrogen) atoms. The smallest absolute Gasteiger partial charge is 0.136 e. The quantitative estimate of drug-likeness (QED) is 0.587. The molecule has 0 bridgehead atoms. The average molecular weight is 299 g/mol. The zero-order valence-electron chi connectivity index (χ0n) is 13.6. The fourth-order valence-electron chi connectivity index (χ4n) is 3.32.